The molecule has 1 aliphatic carbocycles. The van der Waals surface area contributed by atoms with Crippen molar-refractivity contribution in [3.05, 3.63) is 29.8 Å². The van der Waals surface area contributed by atoms with Crippen molar-refractivity contribution in [1.29, 1.82) is 0 Å². The van der Waals surface area contributed by atoms with Crippen molar-refractivity contribution < 1.29 is 8.42 Å². The van der Waals surface area contributed by atoms with Gasteiger partial charge in [0.05, 0.1) is 4.90 Å². The normalized spacial score (nSPS) is 19.1. The highest BCUT2D eigenvalue weighted by Crippen LogP contribution is 2.56. The van der Waals surface area contributed by atoms with Gasteiger partial charge in [0.1, 0.15) is 0 Å². The maximum atomic E-state index is 11.8. The molecular weight excluding hydrogens is 234 g/mol. The first-order chi connectivity index (χ1) is 7.68. The van der Waals surface area contributed by atoms with Crippen molar-refractivity contribution in [2.75, 3.05) is 6.26 Å². The van der Waals surface area contributed by atoms with Crippen molar-refractivity contribution in [1.82, 2.24) is 0 Å². The van der Waals surface area contributed by atoms with Crippen molar-refractivity contribution in [3.63, 3.8) is 0 Å². The Balaban J connectivity index is 2.63. The highest BCUT2D eigenvalue weighted by atomic mass is 32.2. The van der Waals surface area contributed by atoms with Crippen LogP contribution in [-0.2, 0) is 15.3 Å². The van der Waals surface area contributed by atoms with Crippen molar-refractivity contribution in [2.24, 2.45) is 5.73 Å². The molecule has 2 rings (SSSR count). The Morgan fingerprint density at radius 1 is 1.24 bits per heavy atom. The van der Waals surface area contributed by atoms with Gasteiger partial charge >= 0.3 is 0 Å². The van der Waals surface area contributed by atoms with E-state index >= 15 is 0 Å². The van der Waals surface area contributed by atoms with Gasteiger partial charge in [-0.2, -0.15) is 0 Å². The topological polar surface area (TPSA) is 60.2 Å². The molecule has 1 aromatic carbocycles. The van der Waals surface area contributed by atoms with E-state index in [9.17, 15) is 8.42 Å². The summed E-state index contributed by atoms with van der Waals surface area (Å²) in [5, 5.41) is 0. The molecule has 0 atom stereocenters. The predicted octanol–water partition coefficient (Wildman–Crippen LogP) is 1.86. The molecule has 0 radical (unpaired) electrons. The maximum Gasteiger partial charge on any atom is 0.175 e. The summed E-state index contributed by atoms with van der Waals surface area (Å²) in [4.78, 5) is 0.427. The van der Waals surface area contributed by atoms with Crippen LogP contribution in [0.2, 0.25) is 0 Å². The molecule has 1 aromatic rings. The van der Waals surface area contributed by atoms with Crippen LogP contribution in [0.5, 0.6) is 0 Å². The Bertz CT molecular complexity index is 537. The molecule has 3 nitrogen and oxygen atoms in total. The lowest BCUT2D eigenvalue weighted by Gasteiger charge is -2.32. The van der Waals surface area contributed by atoms with E-state index in [2.05, 4.69) is 0 Å². The van der Waals surface area contributed by atoms with Gasteiger partial charge in [0.2, 0.25) is 0 Å². The molecule has 0 unspecified atom stereocenters. The van der Waals surface area contributed by atoms with Gasteiger partial charge in [-0.15, -0.1) is 0 Å². The summed E-state index contributed by atoms with van der Waals surface area (Å²) in [7, 11) is -3.19. The van der Waals surface area contributed by atoms with Crippen molar-refractivity contribution in [2.45, 2.75) is 42.5 Å². The van der Waals surface area contributed by atoms with E-state index in [1.807, 2.05) is 26.0 Å². The van der Waals surface area contributed by atoms with Crippen molar-refractivity contribution in [3.8, 4) is 0 Å². The first kappa shape index (κ1) is 12.6. The SMILES string of the molecule is CC(C)(N)C1(c2ccccc2S(C)(=O)=O)CC1. The van der Waals surface area contributed by atoms with E-state index in [1.165, 1.54) is 6.26 Å². The molecule has 0 aliphatic heterocycles. The second kappa shape index (κ2) is 3.56. The Morgan fingerprint density at radius 2 is 1.76 bits per heavy atom. The van der Waals surface area contributed by atoms with Gasteiger partial charge in [-0.3, -0.25) is 0 Å². The second-order valence-corrected chi connectivity index (χ2v) is 7.56. The molecule has 0 heterocycles. The van der Waals surface area contributed by atoms with E-state index in [-0.39, 0.29) is 5.41 Å². The van der Waals surface area contributed by atoms with Crippen LogP contribution in [0.15, 0.2) is 29.2 Å². The quantitative estimate of drug-likeness (QED) is 0.894. The first-order valence-electron chi connectivity index (χ1n) is 5.77. The molecule has 1 fully saturated rings. The van der Waals surface area contributed by atoms with Crippen LogP contribution in [0, 0.1) is 0 Å². The summed E-state index contributed by atoms with van der Waals surface area (Å²) in [5.74, 6) is 0. The Kier molecular flexibility index (Phi) is 2.64. The number of nitrogens with two attached hydrogens (primary N) is 1. The van der Waals surface area contributed by atoms with E-state index in [4.69, 9.17) is 5.73 Å². The average molecular weight is 253 g/mol. The van der Waals surface area contributed by atoms with Crippen molar-refractivity contribution >= 4 is 9.84 Å². The number of rotatable bonds is 3. The molecule has 0 bridgehead atoms. The average Bonchev–Trinajstić information content (AvgIpc) is 2.95. The van der Waals surface area contributed by atoms with E-state index in [0.717, 1.165) is 18.4 Å². The summed E-state index contributed by atoms with van der Waals surface area (Å²) in [6.45, 7) is 3.94. The second-order valence-electron chi connectivity index (χ2n) is 5.57. The first-order valence-corrected chi connectivity index (χ1v) is 7.66. The minimum absolute atomic E-state index is 0.174. The van der Waals surface area contributed by atoms with Gasteiger partial charge in [0.25, 0.3) is 0 Å². The van der Waals surface area contributed by atoms with Gasteiger partial charge < -0.3 is 5.73 Å². The molecule has 0 aromatic heterocycles. The largest absolute Gasteiger partial charge is 0.325 e. The molecule has 1 saturated carbocycles. The molecule has 0 amide bonds. The fourth-order valence-corrected chi connectivity index (χ4v) is 3.56. The van der Waals surface area contributed by atoms with Crippen LogP contribution in [0.3, 0.4) is 0 Å². The predicted molar refractivity (Wildman–Crippen MR) is 68.7 cm³/mol. The van der Waals surface area contributed by atoms with Crippen LogP contribution >= 0.6 is 0 Å². The summed E-state index contributed by atoms with van der Waals surface area (Å²) < 4.78 is 23.6. The minimum Gasteiger partial charge on any atom is -0.325 e. The van der Waals surface area contributed by atoms with Gasteiger partial charge in [-0.05, 0) is 38.3 Å². The van der Waals surface area contributed by atoms with E-state index in [1.54, 1.807) is 12.1 Å². The third-order valence-corrected chi connectivity index (χ3v) is 4.94. The third kappa shape index (κ3) is 2.00. The van der Waals surface area contributed by atoms with Crippen LogP contribution in [0.1, 0.15) is 32.3 Å². The molecular formula is C13H19NO2S. The van der Waals surface area contributed by atoms with Crippen LogP contribution in [0.4, 0.5) is 0 Å². The van der Waals surface area contributed by atoms with Crippen LogP contribution < -0.4 is 5.73 Å². The summed E-state index contributed by atoms with van der Waals surface area (Å²) in [6, 6.07) is 7.23. The maximum absolute atomic E-state index is 11.8. The van der Waals surface area contributed by atoms with E-state index < -0.39 is 15.4 Å². The Morgan fingerprint density at radius 3 is 2.18 bits per heavy atom. The molecule has 17 heavy (non-hydrogen) atoms. The smallest absolute Gasteiger partial charge is 0.175 e. The summed E-state index contributed by atoms with van der Waals surface area (Å²) in [5.41, 5.74) is 6.54. The zero-order valence-corrected chi connectivity index (χ0v) is 11.3. The fourth-order valence-electron chi connectivity index (χ4n) is 2.57. The molecule has 1 aliphatic rings. The summed E-state index contributed by atoms with van der Waals surface area (Å²) in [6.07, 6.45) is 3.18. The lowest BCUT2D eigenvalue weighted by atomic mass is 9.79. The van der Waals surface area contributed by atoms with Gasteiger partial charge in [0.15, 0.2) is 9.84 Å². The van der Waals surface area contributed by atoms with Gasteiger partial charge in [0, 0.05) is 17.2 Å². The number of benzene rings is 1. The zero-order valence-electron chi connectivity index (χ0n) is 10.5. The molecule has 0 saturated heterocycles. The molecule has 94 valence electrons. The van der Waals surface area contributed by atoms with Gasteiger partial charge in [-0.25, -0.2) is 8.42 Å². The lowest BCUT2D eigenvalue weighted by Crippen LogP contribution is -2.45. The lowest BCUT2D eigenvalue weighted by molar-refractivity contribution is 0.386. The Hall–Kier alpha value is -0.870. The number of hydrogen-bond donors (Lipinski definition) is 1. The highest BCUT2D eigenvalue weighted by molar-refractivity contribution is 7.90. The van der Waals surface area contributed by atoms with Gasteiger partial charge in [-0.1, -0.05) is 18.2 Å². The highest BCUT2D eigenvalue weighted by Gasteiger charge is 2.55. The molecule has 2 N–H and O–H groups in total. The minimum atomic E-state index is -3.19. The van der Waals surface area contributed by atoms with Crippen LogP contribution in [-0.4, -0.2) is 20.2 Å². The number of sulfone groups is 1. The fraction of sp³-hybridized carbons (Fsp3) is 0.538. The zero-order chi connectivity index (χ0) is 12.9. The third-order valence-electron chi connectivity index (χ3n) is 3.79. The molecule has 4 heteroatoms. The van der Waals surface area contributed by atoms with E-state index in [0.29, 0.717) is 4.90 Å². The van der Waals surface area contributed by atoms with Crippen LogP contribution in [0.25, 0.3) is 0 Å². The summed E-state index contributed by atoms with van der Waals surface area (Å²) >= 11 is 0. The number of hydrogen-bond acceptors (Lipinski definition) is 3. The molecule has 0 spiro atoms. The monoisotopic (exact) mass is 253 g/mol. The standard InChI is InChI=1S/C13H19NO2S/c1-12(2,14)13(8-9-13)10-6-4-5-7-11(10)17(3,15)16/h4-7H,8-9,14H2,1-3H3. The Labute approximate surface area is 103 Å².